The molecule has 0 saturated heterocycles. The molecule has 0 aliphatic heterocycles. The highest BCUT2D eigenvalue weighted by molar-refractivity contribution is 6.34. The largest absolute Gasteiger partial charge is 0.444 e. The quantitative estimate of drug-likeness (QED) is 0.887. The molecular weight excluding hydrogens is 313 g/mol. The number of aromatic nitrogens is 1. The van der Waals surface area contributed by atoms with Gasteiger partial charge in [0.2, 0.25) is 0 Å². The van der Waals surface area contributed by atoms with Crippen molar-refractivity contribution in [2.75, 3.05) is 13.1 Å². The van der Waals surface area contributed by atoms with E-state index in [2.05, 4.69) is 10.3 Å². The van der Waals surface area contributed by atoms with Gasteiger partial charge in [0.15, 0.2) is 0 Å². The number of nitrogens with zero attached hydrogens (tertiary/aromatic N) is 1. The van der Waals surface area contributed by atoms with Gasteiger partial charge in [0, 0.05) is 24.7 Å². The Balaban J connectivity index is 2.83. The van der Waals surface area contributed by atoms with E-state index >= 15 is 0 Å². The Kier molecular flexibility index (Phi) is 5.84. The summed E-state index contributed by atoms with van der Waals surface area (Å²) < 4.78 is 5.20. The molecule has 1 unspecified atom stereocenters. The average Bonchev–Trinajstić information content (AvgIpc) is 2.34. The third kappa shape index (κ3) is 5.34. The van der Waals surface area contributed by atoms with Gasteiger partial charge in [0.25, 0.3) is 0 Å². The van der Waals surface area contributed by atoms with Crippen LogP contribution in [0.3, 0.4) is 0 Å². The van der Waals surface area contributed by atoms with Crippen molar-refractivity contribution in [1.82, 2.24) is 10.3 Å². The van der Waals surface area contributed by atoms with Crippen LogP contribution >= 0.6 is 23.2 Å². The zero-order valence-corrected chi connectivity index (χ0v) is 14.2. The summed E-state index contributed by atoms with van der Waals surface area (Å²) >= 11 is 12.0. The lowest BCUT2D eigenvalue weighted by atomic mass is 9.86. The van der Waals surface area contributed by atoms with Gasteiger partial charge in [-0.1, -0.05) is 30.1 Å². The molecule has 118 valence electrons. The number of hydrogen-bond donors (Lipinski definition) is 2. The smallest absolute Gasteiger partial charge is 0.407 e. The van der Waals surface area contributed by atoms with Gasteiger partial charge in [-0.2, -0.15) is 0 Å². The molecule has 7 heteroatoms. The van der Waals surface area contributed by atoms with Crippen LogP contribution < -0.4 is 11.1 Å². The number of halogens is 2. The van der Waals surface area contributed by atoms with Gasteiger partial charge in [0.1, 0.15) is 5.60 Å². The van der Waals surface area contributed by atoms with Crippen molar-refractivity contribution in [1.29, 1.82) is 0 Å². The van der Waals surface area contributed by atoms with E-state index in [1.165, 1.54) is 6.20 Å². The van der Waals surface area contributed by atoms with Crippen LogP contribution in [0.4, 0.5) is 4.79 Å². The number of hydrogen-bond acceptors (Lipinski definition) is 4. The van der Waals surface area contributed by atoms with E-state index in [1.54, 1.807) is 26.8 Å². The van der Waals surface area contributed by atoms with E-state index < -0.39 is 17.1 Å². The SMILES string of the molecule is CC(C)(C)OC(=O)NCC(C)(CN)c1ncc(Cl)cc1Cl. The van der Waals surface area contributed by atoms with E-state index in [4.69, 9.17) is 33.7 Å². The number of nitrogens with one attached hydrogen (secondary N) is 1. The lowest BCUT2D eigenvalue weighted by molar-refractivity contribution is 0.0516. The molecule has 0 bridgehead atoms. The standard InChI is InChI=1S/C14H21Cl2N3O2/c1-13(2,3)21-12(20)19-8-14(4,7-17)11-10(16)5-9(15)6-18-11/h5-6H,7-8,17H2,1-4H3,(H,19,20). The van der Waals surface area contributed by atoms with Crippen molar-refractivity contribution < 1.29 is 9.53 Å². The van der Waals surface area contributed by atoms with Crippen LogP contribution in [0.15, 0.2) is 12.3 Å². The van der Waals surface area contributed by atoms with Crippen molar-refractivity contribution in [3.63, 3.8) is 0 Å². The van der Waals surface area contributed by atoms with Crippen molar-refractivity contribution in [2.45, 2.75) is 38.7 Å². The predicted molar refractivity (Wildman–Crippen MR) is 84.9 cm³/mol. The third-order valence-electron chi connectivity index (χ3n) is 2.85. The second-order valence-electron chi connectivity index (χ2n) is 6.10. The maximum Gasteiger partial charge on any atom is 0.407 e. The zero-order valence-electron chi connectivity index (χ0n) is 12.7. The topological polar surface area (TPSA) is 77.2 Å². The van der Waals surface area contributed by atoms with Crippen LogP contribution in [0.5, 0.6) is 0 Å². The van der Waals surface area contributed by atoms with Gasteiger partial charge in [-0.15, -0.1) is 0 Å². The molecule has 1 amide bonds. The molecule has 21 heavy (non-hydrogen) atoms. The van der Waals surface area contributed by atoms with Crippen LogP contribution in [0.1, 0.15) is 33.4 Å². The predicted octanol–water partition coefficient (Wildman–Crippen LogP) is 3.13. The third-order valence-corrected chi connectivity index (χ3v) is 3.35. The summed E-state index contributed by atoms with van der Waals surface area (Å²) in [5.41, 5.74) is 5.26. The van der Waals surface area contributed by atoms with E-state index in [1.807, 2.05) is 6.92 Å². The highest BCUT2D eigenvalue weighted by Gasteiger charge is 2.30. The van der Waals surface area contributed by atoms with Gasteiger partial charge >= 0.3 is 6.09 Å². The first kappa shape index (κ1) is 18.0. The molecule has 0 spiro atoms. The number of rotatable bonds is 4. The summed E-state index contributed by atoms with van der Waals surface area (Å²) in [6, 6.07) is 1.60. The van der Waals surface area contributed by atoms with E-state index in [0.29, 0.717) is 15.7 Å². The number of carbonyl (C=O) groups is 1. The van der Waals surface area contributed by atoms with Crippen LogP contribution in [0.2, 0.25) is 10.0 Å². The van der Waals surface area contributed by atoms with Crippen molar-refractivity contribution in [3.8, 4) is 0 Å². The zero-order chi connectivity index (χ0) is 16.3. The lowest BCUT2D eigenvalue weighted by Crippen LogP contribution is -2.45. The van der Waals surface area contributed by atoms with Crippen molar-refractivity contribution >= 4 is 29.3 Å². The highest BCUT2D eigenvalue weighted by atomic mass is 35.5. The van der Waals surface area contributed by atoms with Gasteiger partial charge in [-0.05, 0) is 26.8 Å². The second kappa shape index (κ2) is 6.81. The summed E-state index contributed by atoms with van der Waals surface area (Å²) in [7, 11) is 0. The maximum absolute atomic E-state index is 11.7. The molecule has 1 aromatic rings. The van der Waals surface area contributed by atoms with Gasteiger partial charge in [-0.25, -0.2) is 4.79 Å². The first-order valence-corrected chi connectivity index (χ1v) is 7.31. The Hall–Kier alpha value is -1.04. The van der Waals surface area contributed by atoms with Gasteiger partial charge in [-0.3, -0.25) is 4.98 Å². The molecule has 3 N–H and O–H groups in total. The first-order chi connectivity index (χ1) is 9.57. The van der Waals surface area contributed by atoms with Gasteiger partial charge in [0.05, 0.1) is 15.7 Å². The van der Waals surface area contributed by atoms with Crippen LogP contribution in [0.25, 0.3) is 0 Å². The molecule has 1 rings (SSSR count). The molecule has 0 fully saturated rings. The minimum atomic E-state index is -0.613. The Morgan fingerprint density at radius 1 is 1.38 bits per heavy atom. The monoisotopic (exact) mass is 333 g/mol. The molecule has 1 aromatic heterocycles. The number of alkyl carbamates (subject to hydrolysis) is 1. The highest BCUT2D eigenvalue weighted by Crippen LogP contribution is 2.29. The van der Waals surface area contributed by atoms with E-state index in [-0.39, 0.29) is 13.1 Å². The summed E-state index contributed by atoms with van der Waals surface area (Å²) in [5, 5.41) is 3.56. The number of carbonyl (C=O) groups excluding carboxylic acids is 1. The Morgan fingerprint density at radius 2 is 2.00 bits per heavy atom. The normalized spacial score (nSPS) is 14.4. The van der Waals surface area contributed by atoms with E-state index in [9.17, 15) is 4.79 Å². The summed E-state index contributed by atoms with van der Waals surface area (Å²) in [4.78, 5) is 16.0. The maximum atomic E-state index is 11.7. The fourth-order valence-electron chi connectivity index (χ4n) is 1.69. The number of pyridine rings is 1. The van der Waals surface area contributed by atoms with Crippen LogP contribution in [-0.2, 0) is 10.2 Å². The first-order valence-electron chi connectivity index (χ1n) is 6.56. The van der Waals surface area contributed by atoms with Crippen molar-refractivity contribution in [2.24, 2.45) is 5.73 Å². The Bertz CT molecular complexity index is 517. The van der Waals surface area contributed by atoms with E-state index in [0.717, 1.165) is 0 Å². The summed E-state index contributed by atoms with van der Waals surface area (Å²) in [5.74, 6) is 0. The minimum Gasteiger partial charge on any atom is -0.444 e. The van der Waals surface area contributed by atoms with Gasteiger partial charge < -0.3 is 15.8 Å². The van der Waals surface area contributed by atoms with Crippen LogP contribution in [-0.4, -0.2) is 29.8 Å². The van der Waals surface area contributed by atoms with Crippen LogP contribution in [0, 0.1) is 0 Å². The fraction of sp³-hybridized carbons (Fsp3) is 0.571. The molecule has 0 aromatic carbocycles. The second-order valence-corrected chi connectivity index (χ2v) is 6.95. The molecule has 1 atom stereocenters. The Labute approximate surface area is 135 Å². The summed E-state index contributed by atoms with van der Waals surface area (Å²) in [6.07, 6.45) is 0.997. The van der Waals surface area contributed by atoms with Crippen molar-refractivity contribution in [3.05, 3.63) is 28.0 Å². The molecule has 0 saturated carbocycles. The molecular formula is C14H21Cl2N3O2. The molecule has 5 nitrogen and oxygen atoms in total. The molecule has 0 radical (unpaired) electrons. The number of ether oxygens (including phenoxy) is 1. The minimum absolute atomic E-state index is 0.257. The number of amides is 1. The average molecular weight is 334 g/mol. The lowest BCUT2D eigenvalue weighted by Gasteiger charge is -2.29. The molecule has 0 aliphatic carbocycles. The summed E-state index contributed by atoms with van der Waals surface area (Å²) in [6.45, 7) is 7.78. The number of nitrogens with two attached hydrogens (primary N) is 1. The molecule has 1 heterocycles. The fourth-order valence-corrected chi connectivity index (χ4v) is 2.30. The molecule has 0 aliphatic rings. The Morgan fingerprint density at radius 3 is 2.48 bits per heavy atom.